The summed E-state index contributed by atoms with van der Waals surface area (Å²) < 4.78 is 12.9. The highest BCUT2D eigenvalue weighted by Crippen LogP contribution is 2.27. The Morgan fingerprint density at radius 2 is 2.06 bits per heavy atom. The fourth-order valence-corrected chi connectivity index (χ4v) is 2.22. The van der Waals surface area contributed by atoms with Crippen LogP contribution in [-0.2, 0) is 0 Å². The largest absolute Gasteiger partial charge is 0.396 e. The number of thiazole rings is 1. The van der Waals surface area contributed by atoms with Gasteiger partial charge in [-0.15, -0.1) is 11.3 Å². The summed E-state index contributed by atoms with van der Waals surface area (Å²) in [5, 5.41) is 11.6. The average Bonchev–Trinajstić information content (AvgIpc) is 2.85. The molecule has 0 radical (unpaired) electrons. The van der Waals surface area contributed by atoms with Crippen LogP contribution in [0.1, 0.15) is 6.42 Å². The molecule has 1 aromatic carbocycles. The molecule has 0 saturated carbocycles. The van der Waals surface area contributed by atoms with E-state index in [2.05, 4.69) is 4.98 Å². The molecule has 0 spiro atoms. The Balaban J connectivity index is 2.23. The number of halogens is 1. The summed E-state index contributed by atoms with van der Waals surface area (Å²) >= 11 is 1.52. The van der Waals surface area contributed by atoms with E-state index < -0.39 is 0 Å². The summed E-state index contributed by atoms with van der Waals surface area (Å²) in [6.45, 7) is 0.790. The van der Waals surface area contributed by atoms with Crippen LogP contribution in [-0.4, -0.2) is 23.2 Å². The van der Waals surface area contributed by atoms with E-state index in [1.807, 2.05) is 10.3 Å². The molecule has 1 heterocycles. The molecule has 2 aromatic rings. The molecule has 0 fully saturated rings. The van der Waals surface area contributed by atoms with Crippen LogP contribution in [0, 0.1) is 5.82 Å². The maximum absolute atomic E-state index is 12.9. The van der Waals surface area contributed by atoms with Crippen LogP contribution in [0.5, 0.6) is 0 Å². The van der Waals surface area contributed by atoms with Gasteiger partial charge in [-0.25, -0.2) is 9.37 Å². The zero-order valence-electron chi connectivity index (χ0n) is 9.21. The molecule has 1 aromatic heterocycles. The van der Waals surface area contributed by atoms with Crippen molar-refractivity contribution in [2.45, 2.75) is 6.42 Å². The Labute approximate surface area is 103 Å². The SMILES string of the molecule is OCCCN(c1ccc(F)cc1)c1nccs1. The number of aliphatic hydroxyl groups excluding tert-OH is 1. The van der Waals surface area contributed by atoms with Gasteiger partial charge < -0.3 is 10.0 Å². The molecule has 90 valence electrons. The number of nitrogens with zero attached hydrogens (tertiary/aromatic N) is 2. The second kappa shape index (κ2) is 5.75. The lowest BCUT2D eigenvalue weighted by Gasteiger charge is -2.21. The van der Waals surface area contributed by atoms with Gasteiger partial charge in [-0.2, -0.15) is 0 Å². The number of benzene rings is 1. The van der Waals surface area contributed by atoms with Gasteiger partial charge >= 0.3 is 0 Å². The molecule has 0 atom stereocenters. The third-order valence-electron chi connectivity index (χ3n) is 2.33. The predicted octanol–water partition coefficient (Wildman–Crippen LogP) is 2.80. The summed E-state index contributed by atoms with van der Waals surface area (Å²) in [4.78, 5) is 6.21. The van der Waals surface area contributed by atoms with Crippen molar-refractivity contribution in [3.05, 3.63) is 41.7 Å². The van der Waals surface area contributed by atoms with Crippen molar-refractivity contribution in [3.8, 4) is 0 Å². The quantitative estimate of drug-likeness (QED) is 0.889. The van der Waals surface area contributed by atoms with Crippen LogP contribution in [0.15, 0.2) is 35.8 Å². The first-order valence-corrected chi connectivity index (χ1v) is 6.22. The minimum Gasteiger partial charge on any atom is -0.396 e. The molecular weight excluding hydrogens is 239 g/mol. The van der Waals surface area contributed by atoms with E-state index in [4.69, 9.17) is 5.11 Å². The fraction of sp³-hybridized carbons (Fsp3) is 0.250. The van der Waals surface area contributed by atoms with Gasteiger partial charge in [0, 0.05) is 30.4 Å². The minimum absolute atomic E-state index is 0.128. The summed E-state index contributed by atoms with van der Waals surface area (Å²) in [6.07, 6.45) is 2.38. The monoisotopic (exact) mass is 252 g/mol. The standard InChI is InChI=1S/C12H13FN2OS/c13-10-2-4-11(5-3-10)15(7-1-8-16)12-14-6-9-17-12/h2-6,9,16H,1,7-8H2. The van der Waals surface area contributed by atoms with E-state index in [0.717, 1.165) is 10.8 Å². The Hall–Kier alpha value is -1.46. The molecule has 0 aliphatic rings. The van der Waals surface area contributed by atoms with Crippen LogP contribution >= 0.6 is 11.3 Å². The Bertz CT molecular complexity index is 444. The lowest BCUT2D eigenvalue weighted by Crippen LogP contribution is -2.19. The molecule has 0 aliphatic heterocycles. The molecule has 1 N–H and O–H groups in total. The molecule has 0 saturated heterocycles. The maximum Gasteiger partial charge on any atom is 0.189 e. The van der Waals surface area contributed by atoms with Gasteiger partial charge in [-0.3, -0.25) is 0 Å². The van der Waals surface area contributed by atoms with Crippen molar-refractivity contribution in [3.63, 3.8) is 0 Å². The second-order valence-electron chi connectivity index (χ2n) is 3.52. The summed E-state index contributed by atoms with van der Waals surface area (Å²) in [6, 6.07) is 6.28. The number of rotatable bonds is 5. The summed E-state index contributed by atoms with van der Waals surface area (Å²) in [7, 11) is 0. The third kappa shape index (κ3) is 3.01. The van der Waals surface area contributed by atoms with Crippen molar-refractivity contribution >= 4 is 22.2 Å². The van der Waals surface area contributed by atoms with E-state index in [1.165, 1.54) is 23.5 Å². The van der Waals surface area contributed by atoms with E-state index in [9.17, 15) is 4.39 Å². The Morgan fingerprint density at radius 3 is 2.65 bits per heavy atom. The van der Waals surface area contributed by atoms with Gasteiger partial charge in [0.1, 0.15) is 5.82 Å². The van der Waals surface area contributed by atoms with Crippen LogP contribution in [0.4, 0.5) is 15.2 Å². The van der Waals surface area contributed by atoms with Gasteiger partial charge in [-0.1, -0.05) is 0 Å². The van der Waals surface area contributed by atoms with Gasteiger partial charge in [0.15, 0.2) is 5.13 Å². The number of hydrogen-bond donors (Lipinski definition) is 1. The number of hydrogen-bond acceptors (Lipinski definition) is 4. The van der Waals surface area contributed by atoms with E-state index >= 15 is 0 Å². The molecule has 5 heteroatoms. The molecule has 0 unspecified atom stereocenters. The number of aromatic nitrogens is 1. The first kappa shape index (κ1) is 12.0. The summed E-state index contributed by atoms with van der Waals surface area (Å²) in [5.74, 6) is -0.255. The van der Waals surface area contributed by atoms with E-state index in [-0.39, 0.29) is 12.4 Å². The molecule has 17 heavy (non-hydrogen) atoms. The molecule has 0 aliphatic carbocycles. The van der Waals surface area contributed by atoms with Crippen LogP contribution in [0.2, 0.25) is 0 Å². The Kier molecular flexibility index (Phi) is 4.06. The lowest BCUT2D eigenvalue weighted by atomic mass is 10.2. The predicted molar refractivity (Wildman–Crippen MR) is 67.2 cm³/mol. The smallest absolute Gasteiger partial charge is 0.189 e. The minimum atomic E-state index is -0.255. The average molecular weight is 252 g/mol. The van der Waals surface area contributed by atoms with Crippen molar-refractivity contribution in [2.75, 3.05) is 18.1 Å². The van der Waals surface area contributed by atoms with E-state index in [0.29, 0.717) is 13.0 Å². The molecule has 0 amide bonds. The first-order valence-electron chi connectivity index (χ1n) is 5.34. The topological polar surface area (TPSA) is 36.4 Å². The van der Waals surface area contributed by atoms with Crippen molar-refractivity contribution in [1.29, 1.82) is 0 Å². The Morgan fingerprint density at radius 1 is 1.29 bits per heavy atom. The van der Waals surface area contributed by atoms with Crippen LogP contribution < -0.4 is 4.90 Å². The van der Waals surface area contributed by atoms with Crippen LogP contribution in [0.3, 0.4) is 0 Å². The number of aliphatic hydroxyl groups is 1. The van der Waals surface area contributed by atoms with Gasteiger partial charge in [0.05, 0.1) is 0 Å². The third-order valence-corrected chi connectivity index (χ3v) is 3.12. The normalized spacial score (nSPS) is 10.5. The van der Waals surface area contributed by atoms with Crippen molar-refractivity contribution < 1.29 is 9.50 Å². The summed E-state index contributed by atoms with van der Waals surface area (Å²) in [5.41, 5.74) is 0.884. The highest BCUT2D eigenvalue weighted by Gasteiger charge is 2.11. The molecule has 2 rings (SSSR count). The molecule has 3 nitrogen and oxygen atoms in total. The first-order chi connectivity index (χ1) is 8.31. The fourth-order valence-electron chi connectivity index (χ4n) is 1.53. The highest BCUT2D eigenvalue weighted by molar-refractivity contribution is 7.13. The zero-order chi connectivity index (χ0) is 12.1. The lowest BCUT2D eigenvalue weighted by molar-refractivity contribution is 0.291. The molecule has 0 bridgehead atoms. The zero-order valence-corrected chi connectivity index (χ0v) is 10.0. The second-order valence-corrected chi connectivity index (χ2v) is 4.39. The van der Waals surface area contributed by atoms with Crippen LogP contribution in [0.25, 0.3) is 0 Å². The molecular formula is C12H13FN2OS. The highest BCUT2D eigenvalue weighted by atomic mass is 32.1. The van der Waals surface area contributed by atoms with E-state index in [1.54, 1.807) is 18.3 Å². The van der Waals surface area contributed by atoms with Crippen molar-refractivity contribution in [1.82, 2.24) is 4.98 Å². The van der Waals surface area contributed by atoms with Crippen molar-refractivity contribution in [2.24, 2.45) is 0 Å². The van der Waals surface area contributed by atoms with Gasteiger partial charge in [0.2, 0.25) is 0 Å². The maximum atomic E-state index is 12.9. The van der Waals surface area contributed by atoms with Gasteiger partial charge in [-0.05, 0) is 30.7 Å². The number of anilines is 2. The van der Waals surface area contributed by atoms with Gasteiger partial charge in [0.25, 0.3) is 0 Å².